The number of phenolic OH excluding ortho intramolecular Hbond substituents is 1. The van der Waals surface area contributed by atoms with Gasteiger partial charge in [0.15, 0.2) is 0 Å². The fraction of sp³-hybridized carbons (Fsp3) is 0.200. The van der Waals surface area contributed by atoms with Crippen molar-refractivity contribution in [3.8, 4) is 5.75 Å². The van der Waals surface area contributed by atoms with E-state index in [1.165, 1.54) is 6.21 Å². The van der Waals surface area contributed by atoms with Crippen molar-refractivity contribution in [1.82, 2.24) is 5.43 Å². The van der Waals surface area contributed by atoms with Crippen LogP contribution in [-0.4, -0.2) is 17.4 Å². The van der Waals surface area contributed by atoms with Gasteiger partial charge in [0, 0.05) is 5.56 Å². The molecule has 16 heavy (non-hydrogen) atoms. The second kappa shape index (κ2) is 5.50. The first-order valence-corrected chi connectivity index (χ1v) is 5.43. The molecule has 1 aromatic rings. The average molecular weight is 286 g/mol. The van der Waals surface area contributed by atoms with Gasteiger partial charge < -0.3 is 10.8 Å². The van der Waals surface area contributed by atoms with E-state index >= 15 is 0 Å². The van der Waals surface area contributed by atoms with Crippen LogP contribution in [0, 0.1) is 0 Å². The number of carbonyl (C=O) groups is 1. The van der Waals surface area contributed by atoms with Crippen molar-refractivity contribution in [2.75, 3.05) is 0 Å². The maximum Gasteiger partial charge on any atom is 0.332 e. The summed E-state index contributed by atoms with van der Waals surface area (Å²) in [6.07, 6.45) is 2.17. The molecule has 5 nitrogen and oxygen atoms in total. The van der Waals surface area contributed by atoms with Gasteiger partial charge in [0.2, 0.25) is 0 Å². The quantitative estimate of drug-likeness (QED) is 0.583. The Hall–Kier alpha value is -1.56. The number of rotatable bonds is 3. The zero-order valence-corrected chi connectivity index (χ0v) is 10.3. The van der Waals surface area contributed by atoms with Crippen LogP contribution in [0.5, 0.6) is 5.75 Å². The molecule has 6 heteroatoms. The average Bonchev–Trinajstić information content (AvgIpc) is 2.23. The van der Waals surface area contributed by atoms with E-state index in [1.807, 2.05) is 13.0 Å². The zero-order chi connectivity index (χ0) is 12.1. The van der Waals surface area contributed by atoms with Crippen molar-refractivity contribution >= 4 is 28.2 Å². The molecular weight excluding hydrogens is 274 g/mol. The summed E-state index contributed by atoms with van der Waals surface area (Å²) in [6.45, 7) is 2.00. The van der Waals surface area contributed by atoms with Gasteiger partial charge in [0.1, 0.15) is 5.75 Å². The molecule has 2 amide bonds. The van der Waals surface area contributed by atoms with Crippen molar-refractivity contribution in [2.45, 2.75) is 13.3 Å². The van der Waals surface area contributed by atoms with E-state index in [9.17, 15) is 9.90 Å². The molecule has 0 atom stereocenters. The Kier molecular flexibility index (Phi) is 4.30. The fourth-order valence-corrected chi connectivity index (χ4v) is 1.67. The number of aromatic hydroxyl groups is 1. The lowest BCUT2D eigenvalue weighted by Crippen LogP contribution is -2.24. The third-order valence-electron chi connectivity index (χ3n) is 1.94. The molecule has 0 spiro atoms. The molecule has 0 aliphatic heterocycles. The maximum atomic E-state index is 10.4. The molecular formula is C10H12BrN3O2. The summed E-state index contributed by atoms with van der Waals surface area (Å²) in [5, 5.41) is 13.3. The summed E-state index contributed by atoms with van der Waals surface area (Å²) in [5.74, 6) is 0.0761. The number of carbonyl (C=O) groups excluding carboxylic acids is 1. The van der Waals surface area contributed by atoms with Crippen LogP contribution in [0.15, 0.2) is 21.7 Å². The van der Waals surface area contributed by atoms with E-state index in [0.717, 1.165) is 12.0 Å². The van der Waals surface area contributed by atoms with Gasteiger partial charge in [0.05, 0.1) is 10.7 Å². The summed E-state index contributed by atoms with van der Waals surface area (Å²) in [7, 11) is 0. The monoisotopic (exact) mass is 285 g/mol. The van der Waals surface area contributed by atoms with Gasteiger partial charge in [-0.2, -0.15) is 5.10 Å². The largest absolute Gasteiger partial charge is 0.506 e. The molecule has 0 unspecified atom stereocenters. The molecule has 0 radical (unpaired) electrons. The Bertz CT molecular complexity index is 432. The molecule has 0 aliphatic rings. The highest BCUT2D eigenvalue weighted by molar-refractivity contribution is 9.10. The normalized spacial score (nSPS) is 10.6. The number of aryl methyl sites for hydroxylation is 1. The van der Waals surface area contributed by atoms with Crippen LogP contribution < -0.4 is 11.2 Å². The number of nitrogens with two attached hydrogens (primary N) is 1. The number of urea groups is 1. The van der Waals surface area contributed by atoms with E-state index in [1.54, 1.807) is 6.07 Å². The molecule has 0 heterocycles. The molecule has 0 saturated heterocycles. The van der Waals surface area contributed by atoms with E-state index in [0.29, 0.717) is 10.0 Å². The third-order valence-corrected chi connectivity index (χ3v) is 2.54. The van der Waals surface area contributed by atoms with Crippen LogP contribution in [0.1, 0.15) is 18.1 Å². The van der Waals surface area contributed by atoms with E-state index in [-0.39, 0.29) is 5.75 Å². The number of halogens is 1. The standard InChI is InChI=1S/C10H12BrN3O2/c1-2-6-3-7(5-13-14-10(12)16)9(15)8(11)4-6/h3-5,15H,2H2,1H3,(H3,12,14,16). The maximum absolute atomic E-state index is 10.4. The molecule has 0 aliphatic carbocycles. The minimum Gasteiger partial charge on any atom is -0.506 e. The van der Waals surface area contributed by atoms with Crippen molar-refractivity contribution in [1.29, 1.82) is 0 Å². The van der Waals surface area contributed by atoms with Crippen LogP contribution >= 0.6 is 15.9 Å². The summed E-state index contributed by atoms with van der Waals surface area (Å²) in [5.41, 5.74) is 8.47. The fourth-order valence-electron chi connectivity index (χ4n) is 1.15. The van der Waals surface area contributed by atoms with Gasteiger partial charge in [-0.15, -0.1) is 0 Å². The summed E-state index contributed by atoms with van der Waals surface area (Å²) in [6, 6.07) is 2.86. The van der Waals surface area contributed by atoms with Crippen LogP contribution in [0.4, 0.5) is 4.79 Å². The van der Waals surface area contributed by atoms with E-state index in [2.05, 4.69) is 26.5 Å². The Labute approximate surface area is 101 Å². The van der Waals surface area contributed by atoms with Crippen LogP contribution in [0.2, 0.25) is 0 Å². The Morgan fingerprint density at radius 2 is 2.38 bits per heavy atom. The smallest absolute Gasteiger partial charge is 0.332 e. The van der Waals surface area contributed by atoms with Gasteiger partial charge >= 0.3 is 6.03 Å². The van der Waals surface area contributed by atoms with Crippen molar-refractivity contribution < 1.29 is 9.90 Å². The lowest BCUT2D eigenvalue weighted by Gasteiger charge is -2.05. The highest BCUT2D eigenvalue weighted by Gasteiger charge is 2.05. The molecule has 0 aromatic heterocycles. The van der Waals surface area contributed by atoms with Crippen molar-refractivity contribution in [2.24, 2.45) is 10.8 Å². The molecule has 1 rings (SSSR count). The lowest BCUT2D eigenvalue weighted by molar-refractivity contribution is 0.249. The minimum absolute atomic E-state index is 0.0761. The topological polar surface area (TPSA) is 87.7 Å². The van der Waals surface area contributed by atoms with Gasteiger partial charge in [0.25, 0.3) is 0 Å². The summed E-state index contributed by atoms with van der Waals surface area (Å²) in [4.78, 5) is 10.4. The van der Waals surface area contributed by atoms with E-state index < -0.39 is 6.03 Å². The molecule has 1 aromatic carbocycles. The molecule has 0 saturated carbocycles. The Morgan fingerprint density at radius 3 is 2.94 bits per heavy atom. The summed E-state index contributed by atoms with van der Waals surface area (Å²) < 4.78 is 0.590. The number of amides is 2. The van der Waals surface area contributed by atoms with Crippen molar-refractivity contribution in [3.63, 3.8) is 0 Å². The highest BCUT2D eigenvalue weighted by atomic mass is 79.9. The number of nitrogens with one attached hydrogen (secondary N) is 1. The number of nitrogens with zero attached hydrogens (tertiary/aromatic N) is 1. The number of primary amides is 1. The van der Waals surface area contributed by atoms with Gasteiger partial charge in [-0.1, -0.05) is 6.92 Å². The Balaban J connectivity index is 2.98. The van der Waals surface area contributed by atoms with Crippen LogP contribution in [0.25, 0.3) is 0 Å². The predicted octanol–water partition coefficient (Wildman–Crippen LogP) is 1.72. The molecule has 86 valence electrons. The second-order valence-electron chi connectivity index (χ2n) is 3.10. The zero-order valence-electron chi connectivity index (χ0n) is 8.70. The van der Waals surface area contributed by atoms with Gasteiger partial charge in [-0.25, -0.2) is 10.2 Å². The predicted molar refractivity (Wildman–Crippen MR) is 65.5 cm³/mol. The lowest BCUT2D eigenvalue weighted by atomic mass is 10.1. The van der Waals surface area contributed by atoms with Crippen molar-refractivity contribution in [3.05, 3.63) is 27.7 Å². The van der Waals surface area contributed by atoms with Gasteiger partial charge in [-0.05, 0) is 40.0 Å². The SMILES string of the molecule is CCc1cc(Br)c(O)c(C=NNC(N)=O)c1. The Morgan fingerprint density at radius 1 is 1.69 bits per heavy atom. The number of hydrogen-bond donors (Lipinski definition) is 3. The number of benzene rings is 1. The first-order valence-electron chi connectivity index (χ1n) is 4.64. The van der Waals surface area contributed by atoms with Crippen LogP contribution in [-0.2, 0) is 6.42 Å². The first kappa shape index (κ1) is 12.5. The van der Waals surface area contributed by atoms with Gasteiger partial charge in [-0.3, -0.25) is 0 Å². The highest BCUT2D eigenvalue weighted by Crippen LogP contribution is 2.28. The number of phenols is 1. The summed E-state index contributed by atoms with van der Waals surface area (Å²) >= 11 is 3.23. The first-order chi connectivity index (χ1) is 7.54. The molecule has 4 N–H and O–H groups in total. The van der Waals surface area contributed by atoms with E-state index in [4.69, 9.17) is 5.73 Å². The van der Waals surface area contributed by atoms with Crippen LogP contribution in [0.3, 0.4) is 0 Å². The molecule has 0 bridgehead atoms. The number of hydrogen-bond acceptors (Lipinski definition) is 3. The molecule has 0 fully saturated rings. The second-order valence-corrected chi connectivity index (χ2v) is 3.96. The third kappa shape index (κ3) is 3.23. The minimum atomic E-state index is -0.749. The number of hydrazone groups is 1.